The van der Waals surface area contributed by atoms with E-state index in [9.17, 15) is 0 Å². The summed E-state index contributed by atoms with van der Waals surface area (Å²) in [7, 11) is 0. The predicted molar refractivity (Wildman–Crippen MR) is 89.9 cm³/mol. The lowest BCUT2D eigenvalue weighted by Gasteiger charge is -2.36. The third-order valence-electron chi connectivity index (χ3n) is 3.62. The number of hydrogen-bond donors (Lipinski definition) is 1. The quantitative estimate of drug-likeness (QED) is 0.933. The molecule has 0 unspecified atom stereocenters. The van der Waals surface area contributed by atoms with Gasteiger partial charge in [0, 0.05) is 45.1 Å². The Morgan fingerprint density at radius 2 is 1.86 bits per heavy atom. The molecular weight excluding hydrogens is 300 g/mol. The van der Waals surface area contributed by atoms with E-state index in [1.807, 2.05) is 25.1 Å². The number of nitrogens with one attached hydrogen (secondary N) is 1. The van der Waals surface area contributed by atoms with Crippen molar-refractivity contribution in [2.45, 2.75) is 6.92 Å². The summed E-state index contributed by atoms with van der Waals surface area (Å²) in [6.45, 7) is 6.36. The van der Waals surface area contributed by atoms with E-state index in [0.29, 0.717) is 11.0 Å². The molecule has 3 heterocycles. The Bertz CT molecular complexity index is 627. The van der Waals surface area contributed by atoms with Crippen LogP contribution in [0.1, 0.15) is 6.92 Å². The Kier molecular flexibility index (Phi) is 4.58. The normalized spacial score (nSPS) is 15.0. The number of rotatable bonds is 4. The second kappa shape index (κ2) is 6.79. The van der Waals surface area contributed by atoms with Gasteiger partial charge in [0.05, 0.1) is 5.02 Å². The molecule has 0 aromatic carbocycles. The molecule has 0 atom stereocenters. The molecule has 1 aliphatic heterocycles. The zero-order valence-corrected chi connectivity index (χ0v) is 13.3. The summed E-state index contributed by atoms with van der Waals surface area (Å²) in [5, 5.41) is 3.84. The molecule has 116 valence electrons. The van der Waals surface area contributed by atoms with Crippen molar-refractivity contribution >= 4 is 29.2 Å². The number of aromatic nitrogens is 3. The van der Waals surface area contributed by atoms with Crippen LogP contribution >= 0.6 is 11.6 Å². The van der Waals surface area contributed by atoms with E-state index in [-0.39, 0.29) is 0 Å². The summed E-state index contributed by atoms with van der Waals surface area (Å²) in [6.07, 6.45) is 3.57. The average molecular weight is 319 g/mol. The number of nitrogens with zero attached hydrogens (tertiary/aromatic N) is 5. The molecule has 1 aliphatic rings. The third kappa shape index (κ3) is 3.22. The van der Waals surface area contributed by atoms with E-state index in [2.05, 4.69) is 30.1 Å². The van der Waals surface area contributed by atoms with Gasteiger partial charge in [-0.05, 0) is 25.1 Å². The maximum atomic E-state index is 6.22. The Balaban J connectivity index is 1.67. The summed E-state index contributed by atoms with van der Waals surface area (Å²) in [4.78, 5) is 17.6. The summed E-state index contributed by atoms with van der Waals surface area (Å²) in [6, 6.07) is 5.68. The predicted octanol–water partition coefficient (Wildman–Crippen LogP) is 2.28. The molecule has 22 heavy (non-hydrogen) atoms. The molecule has 0 bridgehead atoms. The van der Waals surface area contributed by atoms with E-state index in [1.54, 1.807) is 12.4 Å². The van der Waals surface area contributed by atoms with Crippen LogP contribution in [-0.4, -0.2) is 47.7 Å². The van der Waals surface area contributed by atoms with Gasteiger partial charge in [-0.2, -0.15) is 4.98 Å². The fraction of sp³-hybridized carbons (Fsp3) is 0.400. The van der Waals surface area contributed by atoms with E-state index < -0.39 is 0 Å². The van der Waals surface area contributed by atoms with Crippen LogP contribution in [0.5, 0.6) is 0 Å². The second-order valence-corrected chi connectivity index (χ2v) is 5.46. The Labute approximate surface area is 135 Å². The molecule has 0 saturated carbocycles. The molecular formula is C15H19ClN6. The molecule has 1 saturated heterocycles. The van der Waals surface area contributed by atoms with Gasteiger partial charge in [0.2, 0.25) is 5.95 Å². The van der Waals surface area contributed by atoms with Gasteiger partial charge in [0.15, 0.2) is 0 Å². The highest BCUT2D eigenvalue weighted by molar-refractivity contribution is 6.32. The molecule has 0 spiro atoms. The van der Waals surface area contributed by atoms with E-state index >= 15 is 0 Å². The number of piperazine rings is 1. The first-order chi connectivity index (χ1) is 10.8. The van der Waals surface area contributed by atoms with Crippen molar-refractivity contribution in [3.8, 4) is 0 Å². The van der Waals surface area contributed by atoms with Gasteiger partial charge in [0.25, 0.3) is 0 Å². The zero-order chi connectivity index (χ0) is 15.4. The van der Waals surface area contributed by atoms with E-state index in [4.69, 9.17) is 11.6 Å². The minimum absolute atomic E-state index is 0.676. The topological polar surface area (TPSA) is 57.2 Å². The van der Waals surface area contributed by atoms with Gasteiger partial charge >= 0.3 is 0 Å². The molecule has 3 rings (SSSR count). The van der Waals surface area contributed by atoms with Crippen molar-refractivity contribution in [1.29, 1.82) is 0 Å². The summed E-state index contributed by atoms with van der Waals surface area (Å²) >= 11 is 6.22. The summed E-state index contributed by atoms with van der Waals surface area (Å²) in [5.74, 6) is 2.49. The summed E-state index contributed by atoms with van der Waals surface area (Å²) in [5.41, 5.74) is 0. The minimum atomic E-state index is 0.676. The fourth-order valence-corrected chi connectivity index (χ4v) is 2.77. The molecule has 1 N–H and O–H groups in total. The largest absolute Gasteiger partial charge is 0.354 e. The molecule has 2 aromatic rings. The van der Waals surface area contributed by atoms with Crippen molar-refractivity contribution in [3.63, 3.8) is 0 Å². The Morgan fingerprint density at radius 3 is 2.59 bits per heavy atom. The van der Waals surface area contributed by atoms with E-state index in [1.165, 1.54) is 0 Å². The van der Waals surface area contributed by atoms with Crippen molar-refractivity contribution in [1.82, 2.24) is 15.0 Å². The fourth-order valence-electron chi connectivity index (χ4n) is 2.53. The summed E-state index contributed by atoms with van der Waals surface area (Å²) < 4.78 is 0. The maximum Gasteiger partial charge on any atom is 0.224 e. The smallest absolute Gasteiger partial charge is 0.224 e. The van der Waals surface area contributed by atoms with Gasteiger partial charge in [-0.3, -0.25) is 0 Å². The van der Waals surface area contributed by atoms with Gasteiger partial charge in [-0.25, -0.2) is 9.97 Å². The van der Waals surface area contributed by atoms with Crippen LogP contribution in [0.25, 0.3) is 0 Å². The second-order valence-electron chi connectivity index (χ2n) is 5.05. The Hall–Kier alpha value is -2.08. The van der Waals surface area contributed by atoms with Crippen LogP contribution in [0.4, 0.5) is 17.6 Å². The Morgan fingerprint density at radius 1 is 1.09 bits per heavy atom. The molecule has 0 radical (unpaired) electrons. The maximum absolute atomic E-state index is 6.22. The van der Waals surface area contributed by atoms with Crippen LogP contribution in [0, 0.1) is 0 Å². The highest BCUT2D eigenvalue weighted by Crippen LogP contribution is 2.24. The number of pyridine rings is 1. The minimum Gasteiger partial charge on any atom is -0.354 e. The van der Waals surface area contributed by atoms with Gasteiger partial charge in [-0.1, -0.05) is 11.6 Å². The van der Waals surface area contributed by atoms with E-state index in [0.717, 1.165) is 44.4 Å². The molecule has 6 nitrogen and oxygen atoms in total. The monoisotopic (exact) mass is 318 g/mol. The van der Waals surface area contributed by atoms with Crippen molar-refractivity contribution in [2.24, 2.45) is 0 Å². The first kappa shape index (κ1) is 14.8. The first-order valence-corrected chi connectivity index (χ1v) is 7.83. The van der Waals surface area contributed by atoms with Crippen LogP contribution in [-0.2, 0) is 0 Å². The highest BCUT2D eigenvalue weighted by atomic mass is 35.5. The van der Waals surface area contributed by atoms with Crippen LogP contribution in [0.2, 0.25) is 5.02 Å². The van der Waals surface area contributed by atoms with Crippen molar-refractivity contribution < 1.29 is 0 Å². The number of halogens is 1. The molecule has 2 aromatic heterocycles. The van der Waals surface area contributed by atoms with Gasteiger partial charge < -0.3 is 15.1 Å². The molecule has 0 aliphatic carbocycles. The lowest BCUT2D eigenvalue weighted by Crippen LogP contribution is -2.47. The van der Waals surface area contributed by atoms with Gasteiger partial charge in [-0.15, -0.1) is 0 Å². The lowest BCUT2D eigenvalue weighted by molar-refractivity contribution is 0.641. The van der Waals surface area contributed by atoms with Gasteiger partial charge in [0.1, 0.15) is 11.6 Å². The zero-order valence-electron chi connectivity index (χ0n) is 12.5. The van der Waals surface area contributed by atoms with Crippen LogP contribution in [0.15, 0.2) is 30.6 Å². The average Bonchev–Trinajstić information content (AvgIpc) is 2.56. The first-order valence-electron chi connectivity index (χ1n) is 7.45. The number of hydrogen-bond acceptors (Lipinski definition) is 6. The third-order valence-corrected chi connectivity index (χ3v) is 3.91. The van der Waals surface area contributed by atoms with Crippen LogP contribution in [0.3, 0.4) is 0 Å². The number of anilines is 3. The molecule has 0 amide bonds. The van der Waals surface area contributed by atoms with Crippen molar-refractivity contribution in [2.75, 3.05) is 47.8 Å². The molecule has 7 heteroatoms. The molecule has 1 fully saturated rings. The lowest BCUT2D eigenvalue weighted by atomic mass is 10.3. The van der Waals surface area contributed by atoms with Crippen molar-refractivity contribution in [3.05, 3.63) is 35.6 Å². The SMILES string of the molecule is CCNc1nccc(N2CCN(c3ncccc3Cl)CC2)n1. The highest BCUT2D eigenvalue weighted by Gasteiger charge is 2.20. The standard InChI is InChI=1S/C15H19ClN6/c1-2-17-15-19-7-5-13(20-15)21-8-10-22(11-9-21)14-12(16)4-3-6-18-14/h3-7H,2,8-11H2,1H3,(H,17,19,20). The van der Waals surface area contributed by atoms with Crippen LogP contribution < -0.4 is 15.1 Å².